The normalized spacial score (nSPS) is 10.7. The van der Waals surface area contributed by atoms with Crippen molar-refractivity contribution in [3.05, 3.63) is 40.8 Å². The van der Waals surface area contributed by atoms with Crippen LogP contribution >= 0.6 is 11.6 Å². The van der Waals surface area contributed by atoms with Crippen LogP contribution in [0.5, 0.6) is 0 Å². The van der Waals surface area contributed by atoms with Crippen molar-refractivity contribution in [2.24, 2.45) is 0 Å². The standard InChI is InChI=1S/C12H13ClN2O/c1-2-10-12(15-11(7-16)14-10)8-5-3-4-6-9(8)13/h3-6,16H,2,7H2,1H3,(H,14,15). The number of nitrogens with zero attached hydrogens (tertiary/aromatic N) is 1. The molecule has 0 aliphatic rings. The Hall–Kier alpha value is -1.32. The maximum absolute atomic E-state index is 9.06. The van der Waals surface area contributed by atoms with Crippen LogP contribution in [-0.4, -0.2) is 15.1 Å². The molecule has 0 saturated carbocycles. The van der Waals surface area contributed by atoms with Crippen LogP contribution in [0.25, 0.3) is 11.3 Å². The predicted molar refractivity (Wildman–Crippen MR) is 64.3 cm³/mol. The maximum Gasteiger partial charge on any atom is 0.132 e. The van der Waals surface area contributed by atoms with Crippen LogP contribution in [0, 0.1) is 0 Å². The third-order valence-electron chi connectivity index (χ3n) is 2.46. The summed E-state index contributed by atoms with van der Waals surface area (Å²) in [7, 11) is 0. The summed E-state index contributed by atoms with van der Waals surface area (Å²) in [5.41, 5.74) is 2.73. The fraction of sp³-hybridized carbons (Fsp3) is 0.250. The summed E-state index contributed by atoms with van der Waals surface area (Å²) in [6.07, 6.45) is 0.827. The van der Waals surface area contributed by atoms with E-state index in [9.17, 15) is 0 Å². The van der Waals surface area contributed by atoms with Gasteiger partial charge in [-0.15, -0.1) is 0 Å². The second-order valence-corrected chi connectivity index (χ2v) is 3.91. The lowest BCUT2D eigenvalue weighted by atomic mass is 10.1. The number of aliphatic hydroxyl groups is 1. The molecule has 2 rings (SSSR count). The summed E-state index contributed by atoms with van der Waals surface area (Å²) in [6, 6.07) is 7.58. The number of hydrogen-bond acceptors (Lipinski definition) is 2. The van der Waals surface area contributed by atoms with E-state index < -0.39 is 0 Å². The first-order chi connectivity index (χ1) is 7.76. The van der Waals surface area contributed by atoms with Gasteiger partial charge in [0.25, 0.3) is 0 Å². The molecule has 0 bridgehead atoms. The molecule has 0 fully saturated rings. The summed E-state index contributed by atoms with van der Waals surface area (Å²) < 4.78 is 0. The minimum absolute atomic E-state index is 0.0859. The Balaban J connectivity index is 2.54. The van der Waals surface area contributed by atoms with E-state index in [1.807, 2.05) is 31.2 Å². The highest BCUT2D eigenvalue weighted by Crippen LogP contribution is 2.28. The van der Waals surface area contributed by atoms with Gasteiger partial charge in [0.2, 0.25) is 0 Å². The molecule has 4 heteroatoms. The number of aromatic nitrogens is 2. The second kappa shape index (κ2) is 4.68. The number of hydrogen-bond donors (Lipinski definition) is 2. The van der Waals surface area contributed by atoms with Crippen LogP contribution in [0.1, 0.15) is 18.4 Å². The molecule has 0 amide bonds. The number of benzene rings is 1. The lowest BCUT2D eigenvalue weighted by Gasteiger charge is -2.02. The molecular formula is C12H13ClN2O. The molecule has 3 nitrogen and oxygen atoms in total. The van der Waals surface area contributed by atoms with Gasteiger partial charge in [-0.3, -0.25) is 0 Å². The zero-order chi connectivity index (χ0) is 11.5. The molecule has 1 aromatic carbocycles. The van der Waals surface area contributed by atoms with Crippen molar-refractivity contribution in [1.29, 1.82) is 0 Å². The fourth-order valence-corrected chi connectivity index (χ4v) is 1.90. The van der Waals surface area contributed by atoms with Crippen LogP contribution in [0.15, 0.2) is 24.3 Å². The Kier molecular flexibility index (Phi) is 3.27. The van der Waals surface area contributed by atoms with Crippen molar-refractivity contribution in [2.75, 3.05) is 0 Å². The fourth-order valence-electron chi connectivity index (χ4n) is 1.67. The maximum atomic E-state index is 9.06. The van der Waals surface area contributed by atoms with Gasteiger partial charge >= 0.3 is 0 Å². The van der Waals surface area contributed by atoms with E-state index in [2.05, 4.69) is 9.97 Å². The Labute approximate surface area is 99.1 Å². The highest BCUT2D eigenvalue weighted by Gasteiger charge is 2.12. The molecular weight excluding hydrogens is 224 g/mol. The van der Waals surface area contributed by atoms with Gasteiger partial charge < -0.3 is 10.1 Å². The highest BCUT2D eigenvalue weighted by molar-refractivity contribution is 6.33. The van der Waals surface area contributed by atoms with E-state index in [0.29, 0.717) is 10.8 Å². The average molecular weight is 237 g/mol. The minimum Gasteiger partial charge on any atom is -0.388 e. The van der Waals surface area contributed by atoms with Crippen LogP contribution in [0.4, 0.5) is 0 Å². The number of aryl methyl sites for hydroxylation is 1. The molecule has 0 unspecified atom stereocenters. The van der Waals surface area contributed by atoms with Crippen LogP contribution in [0.3, 0.4) is 0 Å². The van der Waals surface area contributed by atoms with Gasteiger partial charge in [-0.05, 0) is 12.5 Å². The summed E-state index contributed by atoms with van der Waals surface area (Å²) in [5, 5.41) is 9.73. The van der Waals surface area contributed by atoms with E-state index >= 15 is 0 Å². The van der Waals surface area contributed by atoms with Gasteiger partial charge in [0.15, 0.2) is 0 Å². The first-order valence-electron chi connectivity index (χ1n) is 5.19. The molecule has 0 atom stereocenters. The number of nitrogens with one attached hydrogen (secondary N) is 1. The smallest absolute Gasteiger partial charge is 0.132 e. The number of aromatic amines is 1. The first kappa shape index (κ1) is 11.2. The van der Waals surface area contributed by atoms with Gasteiger partial charge in [-0.1, -0.05) is 36.7 Å². The van der Waals surface area contributed by atoms with Crippen molar-refractivity contribution in [1.82, 2.24) is 9.97 Å². The van der Waals surface area contributed by atoms with Crippen LogP contribution < -0.4 is 0 Å². The highest BCUT2D eigenvalue weighted by atomic mass is 35.5. The topological polar surface area (TPSA) is 48.9 Å². The Morgan fingerprint density at radius 3 is 2.75 bits per heavy atom. The van der Waals surface area contributed by atoms with E-state index in [0.717, 1.165) is 23.4 Å². The molecule has 2 N–H and O–H groups in total. The summed E-state index contributed by atoms with van der Waals surface area (Å²) >= 11 is 6.12. The molecule has 0 aliphatic carbocycles. The van der Waals surface area contributed by atoms with Crippen LogP contribution in [0.2, 0.25) is 5.02 Å². The largest absolute Gasteiger partial charge is 0.388 e. The van der Waals surface area contributed by atoms with Crippen molar-refractivity contribution in [3.63, 3.8) is 0 Å². The number of rotatable bonds is 3. The van der Waals surface area contributed by atoms with Crippen molar-refractivity contribution in [3.8, 4) is 11.3 Å². The van der Waals surface area contributed by atoms with E-state index in [4.69, 9.17) is 16.7 Å². The zero-order valence-electron chi connectivity index (χ0n) is 9.00. The first-order valence-corrected chi connectivity index (χ1v) is 5.57. The van der Waals surface area contributed by atoms with Crippen molar-refractivity contribution in [2.45, 2.75) is 20.0 Å². The third-order valence-corrected chi connectivity index (χ3v) is 2.79. The molecule has 84 valence electrons. The van der Waals surface area contributed by atoms with Crippen LogP contribution in [-0.2, 0) is 13.0 Å². The number of aliphatic hydroxyl groups excluding tert-OH is 1. The molecule has 0 saturated heterocycles. The van der Waals surface area contributed by atoms with Crippen molar-refractivity contribution >= 4 is 11.6 Å². The number of imidazole rings is 1. The minimum atomic E-state index is -0.0859. The number of halogens is 1. The molecule has 2 aromatic rings. The quantitative estimate of drug-likeness (QED) is 0.861. The molecule has 16 heavy (non-hydrogen) atoms. The molecule has 0 aliphatic heterocycles. The van der Waals surface area contributed by atoms with Gasteiger partial charge in [-0.25, -0.2) is 4.98 Å². The van der Waals surface area contributed by atoms with E-state index in [1.54, 1.807) is 0 Å². The third kappa shape index (κ3) is 1.96. The zero-order valence-corrected chi connectivity index (χ0v) is 9.75. The van der Waals surface area contributed by atoms with Crippen molar-refractivity contribution < 1.29 is 5.11 Å². The predicted octanol–water partition coefficient (Wildman–Crippen LogP) is 2.78. The molecule has 1 aromatic heterocycles. The SMILES string of the molecule is CCc1[nH]c(CO)nc1-c1ccccc1Cl. The molecule has 1 heterocycles. The molecule has 0 radical (unpaired) electrons. The summed E-state index contributed by atoms with van der Waals surface area (Å²) in [6.45, 7) is 1.95. The Morgan fingerprint density at radius 1 is 1.38 bits per heavy atom. The summed E-state index contributed by atoms with van der Waals surface area (Å²) in [4.78, 5) is 7.43. The average Bonchev–Trinajstić information content (AvgIpc) is 2.72. The van der Waals surface area contributed by atoms with Gasteiger partial charge in [0.1, 0.15) is 12.4 Å². The summed E-state index contributed by atoms with van der Waals surface area (Å²) in [5.74, 6) is 0.576. The molecule has 0 spiro atoms. The van der Waals surface area contributed by atoms with Gasteiger partial charge in [0, 0.05) is 11.3 Å². The Bertz CT molecular complexity index is 494. The monoisotopic (exact) mass is 236 g/mol. The Morgan fingerprint density at radius 2 is 2.12 bits per heavy atom. The second-order valence-electron chi connectivity index (χ2n) is 3.50. The van der Waals surface area contributed by atoms with Gasteiger partial charge in [-0.2, -0.15) is 0 Å². The van der Waals surface area contributed by atoms with E-state index in [-0.39, 0.29) is 6.61 Å². The lowest BCUT2D eigenvalue weighted by molar-refractivity contribution is 0.272. The lowest BCUT2D eigenvalue weighted by Crippen LogP contribution is -1.86. The number of H-pyrrole nitrogens is 1. The van der Waals surface area contributed by atoms with E-state index in [1.165, 1.54) is 0 Å². The van der Waals surface area contributed by atoms with Gasteiger partial charge in [0.05, 0.1) is 10.7 Å².